The topological polar surface area (TPSA) is 59.8 Å². The lowest BCUT2D eigenvalue weighted by molar-refractivity contribution is -0.119. The van der Waals surface area contributed by atoms with Gasteiger partial charge in [-0.25, -0.2) is 0 Å². The molecule has 2 atom stereocenters. The van der Waals surface area contributed by atoms with Crippen molar-refractivity contribution in [2.45, 2.75) is 50.4 Å². The second kappa shape index (κ2) is 9.59. The number of hydrogen-bond donors (Lipinski definition) is 1. The highest BCUT2D eigenvalue weighted by molar-refractivity contribution is 7.99. The first-order valence-corrected chi connectivity index (χ1v) is 12.0. The maximum atomic E-state index is 12.5. The quantitative estimate of drug-likeness (QED) is 0.549. The number of aromatic nitrogens is 3. The minimum atomic E-state index is 0.0840. The molecule has 7 heteroatoms. The second-order valence-electron chi connectivity index (χ2n) is 7.58. The number of rotatable bonds is 7. The number of carbonyl (C=O) groups is 1. The Bertz CT molecular complexity index is 924. The van der Waals surface area contributed by atoms with Crippen molar-refractivity contribution in [1.82, 2.24) is 20.1 Å². The Balaban J connectivity index is 1.47. The van der Waals surface area contributed by atoms with Gasteiger partial charge in [-0.1, -0.05) is 67.9 Å². The van der Waals surface area contributed by atoms with Gasteiger partial charge in [-0.2, -0.15) is 0 Å². The molecule has 4 rings (SSSR count). The molecule has 1 aliphatic rings. The van der Waals surface area contributed by atoms with Crippen molar-refractivity contribution in [2.24, 2.45) is 5.92 Å². The molecule has 0 spiro atoms. The normalized spacial score (nSPS) is 19.2. The van der Waals surface area contributed by atoms with Crippen LogP contribution in [0.3, 0.4) is 0 Å². The van der Waals surface area contributed by atoms with E-state index in [0.29, 0.717) is 24.3 Å². The van der Waals surface area contributed by atoms with Gasteiger partial charge in [0.2, 0.25) is 5.91 Å². The van der Waals surface area contributed by atoms with E-state index in [1.54, 1.807) is 11.3 Å². The summed E-state index contributed by atoms with van der Waals surface area (Å²) < 4.78 is 2.11. The highest BCUT2D eigenvalue weighted by Crippen LogP contribution is 2.28. The molecule has 5 nitrogen and oxygen atoms in total. The summed E-state index contributed by atoms with van der Waals surface area (Å²) in [5.41, 5.74) is 1.19. The van der Waals surface area contributed by atoms with Crippen LogP contribution in [0.5, 0.6) is 0 Å². The van der Waals surface area contributed by atoms with E-state index in [2.05, 4.69) is 45.2 Å². The summed E-state index contributed by atoms with van der Waals surface area (Å²) in [7, 11) is 0. The zero-order valence-electron chi connectivity index (χ0n) is 16.6. The van der Waals surface area contributed by atoms with Crippen molar-refractivity contribution in [1.29, 1.82) is 0 Å². The number of carbonyl (C=O) groups excluding carboxylic acids is 1. The van der Waals surface area contributed by atoms with Crippen molar-refractivity contribution in [2.75, 3.05) is 5.75 Å². The molecular formula is C22H26N4OS2. The Morgan fingerprint density at radius 1 is 1.17 bits per heavy atom. The van der Waals surface area contributed by atoms with E-state index in [9.17, 15) is 4.79 Å². The number of thiophene rings is 1. The summed E-state index contributed by atoms with van der Waals surface area (Å²) in [6.07, 6.45) is 4.77. The molecule has 2 heterocycles. The molecule has 1 saturated carbocycles. The van der Waals surface area contributed by atoms with Crippen molar-refractivity contribution in [3.63, 3.8) is 0 Å². The Morgan fingerprint density at radius 2 is 2.00 bits per heavy atom. The van der Waals surface area contributed by atoms with E-state index in [1.165, 1.54) is 36.6 Å². The lowest BCUT2D eigenvalue weighted by atomic mass is 9.86. The van der Waals surface area contributed by atoms with Gasteiger partial charge in [0.05, 0.1) is 17.2 Å². The monoisotopic (exact) mass is 426 g/mol. The number of benzene rings is 1. The maximum Gasteiger partial charge on any atom is 0.230 e. The van der Waals surface area contributed by atoms with Crippen LogP contribution < -0.4 is 5.32 Å². The van der Waals surface area contributed by atoms with Gasteiger partial charge in [-0.05, 0) is 35.8 Å². The van der Waals surface area contributed by atoms with Crippen molar-refractivity contribution >= 4 is 29.0 Å². The highest BCUT2D eigenvalue weighted by Gasteiger charge is 2.23. The third-order valence-corrected chi connectivity index (χ3v) is 7.26. The zero-order chi connectivity index (χ0) is 20.1. The number of nitrogens with zero attached hydrogens (tertiary/aromatic N) is 3. The molecule has 29 heavy (non-hydrogen) atoms. The minimum absolute atomic E-state index is 0.0840. The van der Waals surface area contributed by atoms with Gasteiger partial charge in [-0.15, -0.1) is 21.5 Å². The second-order valence-corrected chi connectivity index (χ2v) is 9.47. The van der Waals surface area contributed by atoms with Crippen LogP contribution in [-0.2, 0) is 11.3 Å². The molecule has 1 N–H and O–H groups in total. The predicted octanol–water partition coefficient (Wildman–Crippen LogP) is 4.84. The van der Waals surface area contributed by atoms with Crippen molar-refractivity contribution in [3.05, 3.63) is 53.4 Å². The largest absolute Gasteiger partial charge is 0.352 e. The van der Waals surface area contributed by atoms with Crippen LogP contribution in [0.2, 0.25) is 0 Å². The van der Waals surface area contributed by atoms with E-state index < -0.39 is 0 Å². The van der Waals surface area contributed by atoms with E-state index in [-0.39, 0.29) is 5.91 Å². The lowest BCUT2D eigenvalue weighted by Crippen LogP contribution is -2.41. The van der Waals surface area contributed by atoms with Gasteiger partial charge in [-0.3, -0.25) is 9.36 Å². The van der Waals surface area contributed by atoms with Gasteiger partial charge in [0.15, 0.2) is 11.0 Å². The van der Waals surface area contributed by atoms with Crippen LogP contribution in [-0.4, -0.2) is 32.5 Å². The van der Waals surface area contributed by atoms with E-state index in [4.69, 9.17) is 0 Å². The van der Waals surface area contributed by atoms with Gasteiger partial charge in [0.1, 0.15) is 0 Å². The first-order chi connectivity index (χ1) is 14.2. The summed E-state index contributed by atoms with van der Waals surface area (Å²) in [5.74, 6) is 1.86. The first kappa shape index (κ1) is 20.2. The molecule has 0 bridgehead atoms. The number of thioether (sulfide) groups is 1. The molecule has 1 amide bonds. The van der Waals surface area contributed by atoms with E-state index in [1.807, 2.05) is 29.6 Å². The fourth-order valence-corrected chi connectivity index (χ4v) is 5.27. The lowest BCUT2D eigenvalue weighted by Gasteiger charge is -2.29. The van der Waals surface area contributed by atoms with E-state index in [0.717, 1.165) is 22.3 Å². The van der Waals surface area contributed by atoms with Crippen LogP contribution >= 0.6 is 23.1 Å². The summed E-state index contributed by atoms with van der Waals surface area (Å²) in [4.78, 5) is 13.6. The fraction of sp³-hybridized carbons (Fsp3) is 0.409. The number of hydrogen-bond acceptors (Lipinski definition) is 5. The van der Waals surface area contributed by atoms with Crippen LogP contribution in [0.4, 0.5) is 0 Å². The van der Waals surface area contributed by atoms with Gasteiger partial charge in [0.25, 0.3) is 0 Å². The van der Waals surface area contributed by atoms with Crippen LogP contribution in [0.1, 0.15) is 38.2 Å². The smallest absolute Gasteiger partial charge is 0.230 e. The van der Waals surface area contributed by atoms with Crippen molar-refractivity contribution < 1.29 is 4.79 Å². The van der Waals surface area contributed by atoms with Gasteiger partial charge >= 0.3 is 0 Å². The Hall–Kier alpha value is -2.12. The first-order valence-electron chi connectivity index (χ1n) is 10.1. The van der Waals surface area contributed by atoms with E-state index >= 15 is 0 Å². The number of amides is 1. The predicted molar refractivity (Wildman–Crippen MR) is 119 cm³/mol. The highest BCUT2D eigenvalue weighted by atomic mass is 32.2. The summed E-state index contributed by atoms with van der Waals surface area (Å²) in [6.45, 7) is 2.92. The molecule has 1 aromatic carbocycles. The molecule has 1 aliphatic carbocycles. The average Bonchev–Trinajstić information content (AvgIpc) is 3.39. The molecule has 3 aromatic rings. The SMILES string of the molecule is CC1CCCCC1NC(=O)CSc1nnc(-c2cccs2)n1Cc1ccccc1. The Labute approximate surface area is 179 Å². The van der Waals surface area contributed by atoms with Gasteiger partial charge < -0.3 is 5.32 Å². The average molecular weight is 427 g/mol. The molecule has 0 radical (unpaired) electrons. The maximum absolute atomic E-state index is 12.5. The number of nitrogens with one attached hydrogen (secondary N) is 1. The summed E-state index contributed by atoms with van der Waals surface area (Å²) in [5, 5.41) is 14.9. The third kappa shape index (κ3) is 5.08. The molecule has 0 saturated heterocycles. The molecule has 0 aliphatic heterocycles. The van der Waals surface area contributed by atoms with Crippen molar-refractivity contribution in [3.8, 4) is 10.7 Å². The molecule has 2 aromatic heterocycles. The summed E-state index contributed by atoms with van der Waals surface area (Å²) in [6, 6.07) is 14.7. The Kier molecular flexibility index (Phi) is 6.67. The fourth-order valence-electron chi connectivity index (χ4n) is 3.80. The molecule has 2 unspecified atom stereocenters. The molecule has 1 fully saturated rings. The van der Waals surface area contributed by atoms with Gasteiger partial charge in [0, 0.05) is 6.04 Å². The summed E-state index contributed by atoms with van der Waals surface area (Å²) >= 11 is 3.11. The third-order valence-electron chi connectivity index (χ3n) is 5.43. The molecule has 152 valence electrons. The van der Waals surface area contributed by atoms with Crippen LogP contribution in [0.25, 0.3) is 10.7 Å². The zero-order valence-corrected chi connectivity index (χ0v) is 18.2. The molecular weight excluding hydrogens is 400 g/mol. The standard InChI is InChI=1S/C22H26N4OS2/c1-16-8-5-6-11-18(16)23-20(27)15-29-22-25-24-21(19-12-7-13-28-19)26(22)14-17-9-3-2-4-10-17/h2-4,7,9-10,12-13,16,18H,5-6,8,11,14-15H2,1H3,(H,23,27). The minimum Gasteiger partial charge on any atom is -0.352 e. The Morgan fingerprint density at radius 3 is 2.76 bits per heavy atom. The van der Waals surface area contributed by atoms with Crippen LogP contribution in [0, 0.1) is 5.92 Å². The van der Waals surface area contributed by atoms with Crippen LogP contribution in [0.15, 0.2) is 53.0 Å².